The van der Waals surface area contributed by atoms with E-state index in [1.165, 1.54) is 0 Å². The number of morpholine rings is 1. The molecule has 0 radical (unpaired) electrons. The van der Waals surface area contributed by atoms with Gasteiger partial charge < -0.3 is 9.84 Å². The summed E-state index contributed by atoms with van der Waals surface area (Å²) in [4.78, 5) is 2.35. The van der Waals surface area contributed by atoms with E-state index >= 15 is 0 Å². The van der Waals surface area contributed by atoms with Crippen LogP contribution in [0.2, 0.25) is 0 Å². The fourth-order valence-electron chi connectivity index (χ4n) is 1.93. The Kier molecular flexibility index (Phi) is 4.21. The Morgan fingerprint density at radius 2 is 2.38 bits per heavy atom. The number of hydrogen-bond donors (Lipinski definition) is 1. The van der Waals surface area contributed by atoms with E-state index in [4.69, 9.17) is 4.74 Å². The van der Waals surface area contributed by atoms with Crippen molar-refractivity contribution in [3.8, 4) is 5.75 Å². The normalized spacial score (nSPS) is 22.2. The standard InChI is InChI=1S/C12H16BrNO2/c13-7-12-9-14(4-5-16-12)8-10-2-1-3-11(15)6-10/h1-3,6,12,15H,4-5,7-9H2. The van der Waals surface area contributed by atoms with E-state index in [0.717, 1.165) is 37.1 Å². The quantitative estimate of drug-likeness (QED) is 0.863. The molecule has 88 valence electrons. The summed E-state index contributed by atoms with van der Waals surface area (Å²) in [6, 6.07) is 7.44. The summed E-state index contributed by atoms with van der Waals surface area (Å²) < 4.78 is 5.58. The number of benzene rings is 1. The van der Waals surface area contributed by atoms with Crippen molar-refractivity contribution in [1.82, 2.24) is 4.90 Å². The smallest absolute Gasteiger partial charge is 0.115 e. The van der Waals surface area contributed by atoms with Crippen molar-refractivity contribution in [2.45, 2.75) is 12.6 Å². The Balaban J connectivity index is 1.94. The highest BCUT2D eigenvalue weighted by Gasteiger charge is 2.19. The molecule has 1 aliphatic heterocycles. The van der Waals surface area contributed by atoms with Gasteiger partial charge in [0.15, 0.2) is 0 Å². The monoisotopic (exact) mass is 285 g/mol. The molecule has 2 rings (SSSR count). The lowest BCUT2D eigenvalue weighted by Crippen LogP contribution is -2.42. The lowest BCUT2D eigenvalue weighted by molar-refractivity contribution is -0.0181. The van der Waals surface area contributed by atoms with Crippen LogP contribution in [0.3, 0.4) is 0 Å². The molecule has 0 aliphatic carbocycles. The van der Waals surface area contributed by atoms with Gasteiger partial charge in [0.2, 0.25) is 0 Å². The summed E-state index contributed by atoms with van der Waals surface area (Å²) in [7, 11) is 0. The van der Waals surface area contributed by atoms with Gasteiger partial charge in [0.25, 0.3) is 0 Å². The van der Waals surface area contributed by atoms with Gasteiger partial charge in [0, 0.05) is 25.0 Å². The number of rotatable bonds is 3. The molecule has 1 N–H and O–H groups in total. The molecular weight excluding hydrogens is 270 g/mol. The van der Waals surface area contributed by atoms with Crippen LogP contribution < -0.4 is 0 Å². The molecule has 0 saturated carbocycles. The van der Waals surface area contributed by atoms with Crippen LogP contribution in [0.25, 0.3) is 0 Å². The number of alkyl halides is 1. The van der Waals surface area contributed by atoms with Gasteiger partial charge in [0.1, 0.15) is 5.75 Å². The van der Waals surface area contributed by atoms with Crippen LogP contribution in [0.1, 0.15) is 5.56 Å². The third kappa shape index (κ3) is 3.20. The maximum Gasteiger partial charge on any atom is 0.115 e. The topological polar surface area (TPSA) is 32.7 Å². The average Bonchev–Trinajstić information content (AvgIpc) is 2.29. The molecule has 1 heterocycles. The molecular formula is C12H16BrNO2. The fourth-order valence-corrected chi connectivity index (χ4v) is 2.32. The van der Waals surface area contributed by atoms with E-state index in [1.54, 1.807) is 6.07 Å². The summed E-state index contributed by atoms with van der Waals surface area (Å²) >= 11 is 3.44. The maximum absolute atomic E-state index is 9.39. The molecule has 1 fully saturated rings. The van der Waals surface area contributed by atoms with Crippen molar-refractivity contribution in [2.75, 3.05) is 25.0 Å². The number of hydrogen-bond acceptors (Lipinski definition) is 3. The number of phenolic OH excluding ortho intramolecular Hbond substituents is 1. The molecule has 1 aliphatic rings. The van der Waals surface area contributed by atoms with Crippen molar-refractivity contribution in [3.63, 3.8) is 0 Å². The summed E-state index contributed by atoms with van der Waals surface area (Å²) in [5.74, 6) is 0.336. The first kappa shape index (κ1) is 11.9. The van der Waals surface area contributed by atoms with Crippen molar-refractivity contribution >= 4 is 15.9 Å². The van der Waals surface area contributed by atoms with Gasteiger partial charge in [-0.05, 0) is 17.7 Å². The van der Waals surface area contributed by atoms with Gasteiger partial charge in [-0.3, -0.25) is 4.90 Å². The van der Waals surface area contributed by atoms with Crippen LogP contribution in [0, 0.1) is 0 Å². The zero-order valence-corrected chi connectivity index (χ0v) is 10.7. The molecule has 1 atom stereocenters. The van der Waals surface area contributed by atoms with Gasteiger partial charge in [-0.1, -0.05) is 28.1 Å². The van der Waals surface area contributed by atoms with Crippen LogP contribution in [-0.4, -0.2) is 41.1 Å². The van der Waals surface area contributed by atoms with Crippen LogP contribution in [0.4, 0.5) is 0 Å². The molecule has 1 aromatic rings. The van der Waals surface area contributed by atoms with E-state index < -0.39 is 0 Å². The molecule has 1 aromatic carbocycles. The van der Waals surface area contributed by atoms with Crippen molar-refractivity contribution in [3.05, 3.63) is 29.8 Å². The number of nitrogens with zero attached hydrogens (tertiary/aromatic N) is 1. The average molecular weight is 286 g/mol. The second kappa shape index (κ2) is 5.66. The molecule has 0 spiro atoms. The number of ether oxygens (including phenoxy) is 1. The molecule has 0 aromatic heterocycles. The number of phenols is 1. The zero-order valence-electron chi connectivity index (χ0n) is 9.10. The SMILES string of the molecule is Oc1cccc(CN2CCOC(CBr)C2)c1. The van der Waals surface area contributed by atoms with Gasteiger partial charge in [-0.2, -0.15) is 0 Å². The lowest BCUT2D eigenvalue weighted by Gasteiger charge is -2.32. The van der Waals surface area contributed by atoms with E-state index in [2.05, 4.69) is 20.8 Å². The van der Waals surface area contributed by atoms with E-state index in [1.807, 2.05) is 18.2 Å². The minimum absolute atomic E-state index is 0.283. The summed E-state index contributed by atoms with van der Waals surface area (Å²) in [5.41, 5.74) is 1.15. The third-order valence-electron chi connectivity index (χ3n) is 2.71. The minimum Gasteiger partial charge on any atom is -0.508 e. The summed E-state index contributed by atoms with van der Waals surface area (Å²) in [6.07, 6.45) is 0.283. The predicted octanol–water partition coefficient (Wildman–Crippen LogP) is 1.99. The minimum atomic E-state index is 0.283. The van der Waals surface area contributed by atoms with Gasteiger partial charge in [-0.15, -0.1) is 0 Å². The van der Waals surface area contributed by atoms with Crippen molar-refractivity contribution in [2.24, 2.45) is 0 Å². The van der Waals surface area contributed by atoms with Crippen LogP contribution >= 0.6 is 15.9 Å². The van der Waals surface area contributed by atoms with Crippen LogP contribution in [0.15, 0.2) is 24.3 Å². The Morgan fingerprint density at radius 3 is 3.12 bits per heavy atom. The van der Waals surface area contributed by atoms with E-state index in [-0.39, 0.29) is 6.10 Å². The van der Waals surface area contributed by atoms with Crippen molar-refractivity contribution < 1.29 is 9.84 Å². The largest absolute Gasteiger partial charge is 0.508 e. The highest BCUT2D eigenvalue weighted by molar-refractivity contribution is 9.09. The Labute approximate surface area is 104 Å². The predicted molar refractivity (Wildman–Crippen MR) is 66.9 cm³/mol. The lowest BCUT2D eigenvalue weighted by atomic mass is 10.2. The van der Waals surface area contributed by atoms with E-state index in [0.29, 0.717) is 5.75 Å². The van der Waals surface area contributed by atoms with Gasteiger partial charge >= 0.3 is 0 Å². The molecule has 4 heteroatoms. The van der Waals surface area contributed by atoms with Gasteiger partial charge in [-0.25, -0.2) is 0 Å². The maximum atomic E-state index is 9.39. The summed E-state index contributed by atoms with van der Waals surface area (Å²) in [5, 5.41) is 10.3. The second-order valence-electron chi connectivity index (χ2n) is 4.05. The highest BCUT2D eigenvalue weighted by atomic mass is 79.9. The molecule has 0 bridgehead atoms. The number of halogens is 1. The Morgan fingerprint density at radius 1 is 1.50 bits per heavy atom. The molecule has 0 amide bonds. The van der Waals surface area contributed by atoms with Crippen LogP contribution in [0.5, 0.6) is 5.75 Å². The fraction of sp³-hybridized carbons (Fsp3) is 0.500. The van der Waals surface area contributed by atoms with Crippen LogP contribution in [-0.2, 0) is 11.3 Å². The first-order valence-electron chi connectivity index (χ1n) is 5.46. The Hall–Kier alpha value is -0.580. The molecule has 1 saturated heterocycles. The molecule has 1 unspecified atom stereocenters. The first-order valence-corrected chi connectivity index (χ1v) is 6.58. The number of aromatic hydroxyl groups is 1. The van der Waals surface area contributed by atoms with Gasteiger partial charge in [0.05, 0.1) is 12.7 Å². The molecule has 16 heavy (non-hydrogen) atoms. The first-order chi connectivity index (χ1) is 7.78. The molecule has 3 nitrogen and oxygen atoms in total. The third-order valence-corrected chi connectivity index (χ3v) is 3.43. The zero-order chi connectivity index (χ0) is 11.4. The Bertz CT molecular complexity index is 346. The van der Waals surface area contributed by atoms with E-state index in [9.17, 15) is 5.11 Å². The summed E-state index contributed by atoms with van der Waals surface area (Å²) in [6.45, 7) is 3.57. The second-order valence-corrected chi connectivity index (χ2v) is 4.70. The highest BCUT2D eigenvalue weighted by Crippen LogP contribution is 2.15. The van der Waals surface area contributed by atoms with Crippen molar-refractivity contribution in [1.29, 1.82) is 0 Å².